The van der Waals surface area contributed by atoms with Gasteiger partial charge in [0.05, 0.1) is 10.7 Å². The van der Waals surface area contributed by atoms with Crippen molar-refractivity contribution in [2.45, 2.75) is 39.0 Å². The molecule has 1 fully saturated rings. The van der Waals surface area contributed by atoms with Gasteiger partial charge in [0, 0.05) is 43.4 Å². The van der Waals surface area contributed by atoms with Crippen molar-refractivity contribution in [2.24, 2.45) is 5.92 Å². The van der Waals surface area contributed by atoms with Crippen LogP contribution in [0.3, 0.4) is 0 Å². The molecule has 0 aliphatic carbocycles. The zero-order valence-corrected chi connectivity index (χ0v) is 16.3. The summed E-state index contributed by atoms with van der Waals surface area (Å²) in [6, 6.07) is 4.60. The summed E-state index contributed by atoms with van der Waals surface area (Å²) in [6.07, 6.45) is 3.12. The highest BCUT2D eigenvalue weighted by atomic mass is 32.2. The number of carbonyl (C=O) groups excluding carboxylic acids is 1. The first-order chi connectivity index (χ1) is 12.8. The normalized spacial score (nSPS) is 18.5. The molecule has 2 heterocycles. The van der Waals surface area contributed by atoms with E-state index in [1.807, 2.05) is 6.92 Å². The number of carbonyl (C=O) groups is 1. The van der Waals surface area contributed by atoms with Gasteiger partial charge in [-0.25, -0.2) is 12.7 Å². The van der Waals surface area contributed by atoms with Crippen molar-refractivity contribution in [3.8, 4) is 0 Å². The van der Waals surface area contributed by atoms with Gasteiger partial charge in [-0.1, -0.05) is 13.3 Å². The Morgan fingerprint density at radius 3 is 2.59 bits per heavy atom. The van der Waals surface area contributed by atoms with Gasteiger partial charge in [-0.05, 0) is 37.3 Å². The van der Waals surface area contributed by atoms with Gasteiger partial charge < -0.3 is 4.90 Å². The maximum atomic E-state index is 12.9. The number of nitro benzene ring substituents is 1. The van der Waals surface area contributed by atoms with E-state index < -0.39 is 14.9 Å². The summed E-state index contributed by atoms with van der Waals surface area (Å²) in [4.78, 5) is 25.1. The van der Waals surface area contributed by atoms with Gasteiger partial charge in [-0.3, -0.25) is 14.9 Å². The zero-order chi connectivity index (χ0) is 19.6. The second kappa shape index (κ2) is 7.93. The summed E-state index contributed by atoms with van der Waals surface area (Å²) >= 11 is 0. The van der Waals surface area contributed by atoms with E-state index in [1.165, 1.54) is 16.4 Å². The quantitative estimate of drug-likeness (QED) is 0.543. The molecule has 0 saturated carbocycles. The number of unbranched alkanes of at least 4 members (excludes halogenated alkanes) is 1. The number of anilines is 1. The molecule has 0 spiro atoms. The van der Waals surface area contributed by atoms with E-state index in [2.05, 4.69) is 0 Å². The first-order valence-electron chi connectivity index (χ1n) is 9.40. The van der Waals surface area contributed by atoms with E-state index >= 15 is 0 Å². The number of hydrogen-bond acceptors (Lipinski definition) is 5. The van der Waals surface area contributed by atoms with E-state index in [0.717, 1.165) is 17.7 Å². The number of hydrogen-bond donors (Lipinski definition) is 0. The van der Waals surface area contributed by atoms with Crippen LogP contribution in [0.15, 0.2) is 18.2 Å². The van der Waals surface area contributed by atoms with Crippen LogP contribution in [0.25, 0.3) is 0 Å². The topological polar surface area (TPSA) is 101 Å². The second-order valence-electron chi connectivity index (χ2n) is 7.15. The molecule has 8 nitrogen and oxygen atoms in total. The van der Waals surface area contributed by atoms with Crippen molar-refractivity contribution in [3.05, 3.63) is 33.9 Å². The van der Waals surface area contributed by atoms with Gasteiger partial charge in [0.1, 0.15) is 0 Å². The summed E-state index contributed by atoms with van der Waals surface area (Å²) in [5.41, 5.74) is 1.59. The van der Waals surface area contributed by atoms with Crippen molar-refractivity contribution in [2.75, 3.05) is 30.3 Å². The Kier molecular flexibility index (Phi) is 5.81. The molecule has 1 amide bonds. The molecule has 0 bridgehead atoms. The van der Waals surface area contributed by atoms with Crippen LogP contribution in [0.4, 0.5) is 11.4 Å². The molecule has 0 aromatic heterocycles. The van der Waals surface area contributed by atoms with Gasteiger partial charge in [-0.15, -0.1) is 0 Å². The third-order valence-corrected chi connectivity index (χ3v) is 7.34. The van der Waals surface area contributed by atoms with Gasteiger partial charge in [0.15, 0.2) is 0 Å². The smallest absolute Gasteiger partial charge is 0.269 e. The summed E-state index contributed by atoms with van der Waals surface area (Å²) in [5.74, 6) is -0.0441. The molecule has 2 aliphatic heterocycles. The highest BCUT2D eigenvalue weighted by Gasteiger charge is 2.35. The largest absolute Gasteiger partial charge is 0.312 e. The van der Waals surface area contributed by atoms with Crippen LogP contribution in [0.2, 0.25) is 0 Å². The Hall–Kier alpha value is -2.00. The molecule has 2 aliphatic rings. The molecule has 1 aromatic rings. The van der Waals surface area contributed by atoms with Gasteiger partial charge in [-0.2, -0.15) is 0 Å². The first kappa shape index (κ1) is 19.8. The maximum Gasteiger partial charge on any atom is 0.269 e. The molecule has 1 saturated heterocycles. The lowest BCUT2D eigenvalue weighted by molar-refractivity contribution is -0.384. The summed E-state index contributed by atoms with van der Waals surface area (Å²) in [6.45, 7) is 3.24. The first-order valence-corrected chi connectivity index (χ1v) is 11.0. The molecular formula is C18H25N3O5S. The number of nitro groups is 1. The molecule has 0 radical (unpaired) electrons. The molecule has 148 valence electrons. The minimum Gasteiger partial charge on any atom is -0.312 e. The van der Waals surface area contributed by atoms with E-state index in [4.69, 9.17) is 0 Å². The number of fused-ring (bicyclic) bond motifs is 1. The molecule has 9 heteroatoms. The second-order valence-corrected chi connectivity index (χ2v) is 9.24. The third kappa shape index (κ3) is 4.14. The number of rotatable bonds is 6. The fourth-order valence-corrected chi connectivity index (χ4v) is 5.47. The van der Waals surface area contributed by atoms with Crippen LogP contribution in [0.5, 0.6) is 0 Å². The molecule has 3 rings (SSSR count). The number of amides is 1. The Labute approximate surface area is 159 Å². The molecule has 27 heavy (non-hydrogen) atoms. The van der Waals surface area contributed by atoms with Crippen molar-refractivity contribution in [1.82, 2.24) is 4.31 Å². The van der Waals surface area contributed by atoms with E-state index in [1.54, 1.807) is 11.0 Å². The summed E-state index contributed by atoms with van der Waals surface area (Å²) < 4.78 is 26.1. The summed E-state index contributed by atoms with van der Waals surface area (Å²) in [5, 5.41) is 10.9. The lowest BCUT2D eigenvalue weighted by Crippen LogP contribution is -2.44. The van der Waals surface area contributed by atoms with Gasteiger partial charge in [0.25, 0.3) is 5.69 Å². The number of piperidine rings is 1. The summed E-state index contributed by atoms with van der Waals surface area (Å²) in [7, 11) is -3.23. The minimum atomic E-state index is -3.23. The fraction of sp³-hybridized carbons (Fsp3) is 0.611. The van der Waals surface area contributed by atoms with Crippen LogP contribution in [0, 0.1) is 16.0 Å². The predicted octanol–water partition coefficient (Wildman–Crippen LogP) is 2.33. The monoisotopic (exact) mass is 395 g/mol. The number of benzene rings is 1. The maximum absolute atomic E-state index is 12.9. The van der Waals surface area contributed by atoms with E-state index in [0.29, 0.717) is 45.3 Å². The van der Waals surface area contributed by atoms with Crippen molar-refractivity contribution in [3.63, 3.8) is 0 Å². The molecule has 0 N–H and O–H groups in total. The Bertz CT molecular complexity index is 831. The van der Waals surface area contributed by atoms with E-state index in [9.17, 15) is 23.3 Å². The molecule has 0 atom stereocenters. The third-order valence-electron chi connectivity index (χ3n) is 5.39. The highest BCUT2D eigenvalue weighted by Crippen LogP contribution is 2.33. The zero-order valence-electron chi connectivity index (χ0n) is 15.5. The molecular weight excluding hydrogens is 370 g/mol. The molecule has 0 unspecified atom stereocenters. The standard InChI is InChI=1S/C18H25N3O5S/c1-2-3-12-27(25,26)19-9-6-14(7-10-19)18(22)20-11-8-15-13-16(21(23)24)4-5-17(15)20/h4-5,13-14H,2-3,6-12H2,1H3. The lowest BCUT2D eigenvalue weighted by atomic mass is 9.96. The van der Waals surface area contributed by atoms with Crippen LogP contribution in [-0.4, -0.2) is 48.9 Å². The van der Waals surface area contributed by atoms with Crippen molar-refractivity contribution in [1.29, 1.82) is 0 Å². The van der Waals surface area contributed by atoms with Crippen LogP contribution >= 0.6 is 0 Å². The Morgan fingerprint density at radius 1 is 1.26 bits per heavy atom. The average Bonchev–Trinajstić information content (AvgIpc) is 3.09. The SMILES string of the molecule is CCCCS(=O)(=O)N1CCC(C(=O)N2CCc3cc([N+](=O)[O-])ccc32)CC1. The van der Waals surface area contributed by atoms with Crippen molar-refractivity contribution < 1.29 is 18.1 Å². The number of non-ortho nitro benzene ring substituents is 1. The number of nitrogens with zero attached hydrogens (tertiary/aromatic N) is 3. The fourth-order valence-electron chi connectivity index (χ4n) is 3.79. The van der Waals surface area contributed by atoms with Crippen molar-refractivity contribution >= 4 is 27.3 Å². The molecule has 1 aromatic carbocycles. The Morgan fingerprint density at radius 2 is 1.96 bits per heavy atom. The van der Waals surface area contributed by atoms with Crippen LogP contribution in [0.1, 0.15) is 38.2 Å². The van der Waals surface area contributed by atoms with Crippen LogP contribution in [-0.2, 0) is 21.2 Å². The average molecular weight is 395 g/mol. The lowest BCUT2D eigenvalue weighted by Gasteiger charge is -2.32. The Balaban J connectivity index is 1.64. The minimum absolute atomic E-state index is 0.00629. The van der Waals surface area contributed by atoms with Crippen LogP contribution < -0.4 is 4.90 Å². The predicted molar refractivity (Wildman–Crippen MR) is 102 cm³/mol. The van der Waals surface area contributed by atoms with Gasteiger partial charge >= 0.3 is 0 Å². The number of sulfonamides is 1. The van der Waals surface area contributed by atoms with E-state index in [-0.39, 0.29) is 23.3 Å². The highest BCUT2D eigenvalue weighted by molar-refractivity contribution is 7.89. The van der Waals surface area contributed by atoms with Gasteiger partial charge in [0.2, 0.25) is 15.9 Å².